The Kier molecular flexibility index (Phi) is 8.77. The average molecular weight is 489 g/mol. The molecule has 0 spiro atoms. The third-order valence-corrected chi connectivity index (χ3v) is 3.97. The number of aliphatic hydroxyl groups is 1. The van der Waals surface area contributed by atoms with Gasteiger partial charge in [-0.15, -0.1) is 24.0 Å². The zero-order valence-corrected chi connectivity index (χ0v) is 17.7. The highest BCUT2D eigenvalue weighted by Crippen LogP contribution is 2.20. The number of hydrogen-bond donors (Lipinski definition) is 3. The normalized spacial score (nSPS) is 12.0. The number of nitrogens with two attached hydrogens (primary N) is 1. The first-order valence-corrected chi connectivity index (χ1v) is 8.77. The second kappa shape index (κ2) is 11.3. The number of nitrogens with zero attached hydrogens (tertiary/aromatic N) is 1. The first-order valence-electron chi connectivity index (χ1n) is 8.77. The van der Waals surface area contributed by atoms with E-state index in [2.05, 4.69) is 10.3 Å². The van der Waals surface area contributed by atoms with Crippen LogP contribution in [-0.2, 0) is 6.61 Å². The molecule has 0 aliphatic rings. The smallest absolute Gasteiger partial charge is 0.193 e. The monoisotopic (exact) mass is 489 g/mol. The number of hydrogen-bond acceptors (Lipinski definition) is 3. The lowest BCUT2D eigenvalue weighted by Crippen LogP contribution is -2.23. The number of aliphatic hydroxyl groups excluding tert-OH is 1. The van der Waals surface area contributed by atoms with Gasteiger partial charge >= 0.3 is 0 Å². The van der Waals surface area contributed by atoms with Crippen LogP contribution in [0.25, 0.3) is 0 Å². The summed E-state index contributed by atoms with van der Waals surface area (Å²) < 4.78 is 5.80. The molecule has 3 aromatic rings. The molecule has 0 bridgehead atoms. The SMILES string of the molecule is I.NC(=NCC(O)c1cccc(OCc2ccccc2)c1)Nc1ccccc1. The van der Waals surface area contributed by atoms with Gasteiger partial charge < -0.3 is 20.9 Å². The number of anilines is 1. The molecule has 0 saturated heterocycles. The zero-order valence-electron chi connectivity index (χ0n) is 15.4. The first kappa shape index (κ1) is 21.7. The molecule has 5 nitrogen and oxygen atoms in total. The van der Waals surface area contributed by atoms with Gasteiger partial charge in [0.25, 0.3) is 0 Å². The largest absolute Gasteiger partial charge is 0.489 e. The van der Waals surface area contributed by atoms with Crippen molar-refractivity contribution in [3.8, 4) is 5.75 Å². The van der Waals surface area contributed by atoms with Gasteiger partial charge in [-0.3, -0.25) is 4.99 Å². The zero-order chi connectivity index (χ0) is 18.9. The summed E-state index contributed by atoms with van der Waals surface area (Å²) >= 11 is 0. The van der Waals surface area contributed by atoms with Crippen LogP contribution < -0.4 is 15.8 Å². The molecule has 0 amide bonds. The third-order valence-electron chi connectivity index (χ3n) is 3.97. The lowest BCUT2D eigenvalue weighted by molar-refractivity contribution is 0.186. The van der Waals surface area contributed by atoms with E-state index in [0.29, 0.717) is 12.4 Å². The molecule has 0 aromatic heterocycles. The maximum Gasteiger partial charge on any atom is 0.193 e. The van der Waals surface area contributed by atoms with E-state index in [-0.39, 0.29) is 36.5 Å². The molecular formula is C22H24IN3O2. The molecule has 0 heterocycles. The minimum Gasteiger partial charge on any atom is -0.489 e. The fourth-order valence-corrected chi connectivity index (χ4v) is 2.55. The molecule has 0 radical (unpaired) electrons. The van der Waals surface area contributed by atoms with E-state index in [1.807, 2.05) is 84.9 Å². The summed E-state index contributed by atoms with van der Waals surface area (Å²) in [6.07, 6.45) is -0.763. The molecule has 0 aliphatic carbocycles. The van der Waals surface area contributed by atoms with Crippen LogP contribution in [-0.4, -0.2) is 17.6 Å². The molecule has 6 heteroatoms. The summed E-state index contributed by atoms with van der Waals surface area (Å²) in [5, 5.41) is 13.4. The number of guanidine groups is 1. The molecule has 0 saturated carbocycles. The van der Waals surface area contributed by atoms with Crippen molar-refractivity contribution in [2.24, 2.45) is 10.7 Å². The van der Waals surface area contributed by atoms with E-state index in [1.165, 1.54) is 0 Å². The molecule has 1 atom stereocenters. The van der Waals surface area contributed by atoms with Crippen molar-refractivity contribution >= 4 is 35.6 Å². The van der Waals surface area contributed by atoms with Gasteiger partial charge in [-0.25, -0.2) is 0 Å². The number of halogens is 1. The molecule has 3 aromatic carbocycles. The van der Waals surface area contributed by atoms with Crippen molar-refractivity contribution in [1.82, 2.24) is 0 Å². The van der Waals surface area contributed by atoms with Gasteiger partial charge in [0.1, 0.15) is 12.4 Å². The number of ether oxygens (including phenoxy) is 1. The van der Waals surface area contributed by atoms with E-state index < -0.39 is 6.10 Å². The Hall–Kier alpha value is -2.58. The Balaban J connectivity index is 0.00000280. The van der Waals surface area contributed by atoms with Crippen LogP contribution in [0.2, 0.25) is 0 Å². The summed E-state index contributed by atoms with van der Waals surface area (Å²) in [5.74, 6) is 0.964. The van der Waals surface area contributed by atoms with Gasteiger partial charge in [-0.2, -0.15) is 0 Å². The van der Waals surface area contributed by atoms with Crippen molar-refractivity contribution in [3.63, 3.8) is 0 Å². The van der Waals surface area contributed by atoms with Crippen molar-refractivity contribution in [3.05, 3.63) is 96.1 Å². The number of rotatable bonds is 7. The fraction of sp³-hybridized carbons (Fsp3) is 0.136. The number of benzene rings is 3. The van der Waals surface area contributed by atoms with Gasteiger partial charge in [0, 0.05) is 5.69 Å². The van der Waals surface area contributed by atoms with Gasteiger partial charge in [-0.1, -0.05) is 60.7 Å². The number of aliphatic imine (C=N–C) groups is 1. The summed E-state index contributed by atoms with van der Waals surface area (Å²) in [7, 11) is 0. The van der Waals surface area contributed by atoms with Crippen LogP contribution in [0.15, 0.2) is 89.9 Å². The van der Waals surface area contributed by atoms with Crippen molar-refractivity contribution < 1.29 is 9.84 Å². The standard InChI is InChI=1S/C22H23N3O2.HI/c23-22(25-19-11-5-2-6-12-19)24-15-21(26)18-10-7-13-20(14-18)27-16-17-8-3-1-4-9-17;/h1-14,21,26H,15-16H2,(H3,23,24,25);1H. The average Bonchev–Trinajstić information content (AvgIpc) is 2.72. The summed E-state index contributed by atoms with van der Waals surface area (Å²) in [6, 6.07) is 26.9. The van der Waals surface area contributed by atoms with E-state index in [1.54, 1.807) is 0 Å². The van der Waals surface area contributed by atoms with Gasteiger partial charge in [0.05, 0.1) is 12.6 Å². The van der Waals surface area contributed by atoms with Gasteiger partial charge in [0.15, 0.2) is 5.96 Å². The predicted molar refractivity (Wildman–Crippen MR) is 124 cm³/mol. The molecule has 0 fully saturated rings. The Morgan fingerprint density at radius 2 is 1.64 bits per heavy atom. The Morgan fingerprint density at radius 1 is 0.964 bits per heavy atom. The maximum atomic E-state index is 10.4. The van der Waals surface area contributed by atoms with Crippen molar-refractivity contribution in [2.45, 2.75) is 12.7 Å². The minimum absolute atomic E-state index is 0. The highest BCUT2D eigenvalue weighted by Gasteiger charge is 2.08. The van der Waals surface area contributed by atoms with E-state index in [9.17, 15) is 5.11 Å². The van der Waals surface area contributed by atoms with Crippen LogP contribution in [0.4, 0.5) is 5.69 Å². The Labute approximate surface area is 182 Å². The maximum absolute atomic E-state index is 10.4. The highest BCUT2D eigenvalue weighted by atomic mass is 127. The molecule has 4 N–H and O–H groups in total. The molecular weight excluding hydrogens is 465 g/mol. The Bertz CT molecular complexity index is 873. The van der Waals surface area contributed by atoms with Crippen LogP contribution in [0.5, 0.6) is 5.75 Å². The second-order valence-corrected chi connectivity index (χ2v) is 6.08. The predicted octanol–water partition coefficient (Wildman–Crippen LogP) is 4.34. The van der Waals surface area contributed by atoms with Gasteiger partial charge in [-0.05, 0) is 35.4 Å². The van der Waals surface area contributed by atoms with E-state index >= 15 is 0 Å². The highest BCUT2D eigenvalue weighted by molar-refractivity contribution is 14.0. The fourth-order valence-electron chi connectivity index (χ4n) is 2.55. The van der Waals surface area contributed by atoms with Crippen LogP contribution in [0.3, 0.4) is 0 Å². The molecule has 1 unspecified atom stereocenters. The molecule has 0 aliphatic heterocycles. The summed E-state index contributed by atoms with van der Waals surface area (Å²) in [4.78, 5) is 4.21. The van der Waals surface area contributed by atoms with E-state index in [0.717, 1.165) is 16.8 Å². The minimum atomic E-state index is -0.763. The van der Waals surface area contributed by atoms with Crippen LogP contribution in [0, 0.1) is 0 Å². The molecule has 146 valence electrons. The Morgan fingerprint density at radius 3 is 2.36 bits per heavy atom. The van der Waals surface area contributed by atoms with Gasteiger partial charge in [0.2, 0.25) is 0 Å². The van der Waals surface area contributed by atoms with Crippen LogP contribution >= 0.6 is 24.0 Å². The lowest BCUT2D eigenvalue weighted by Gasteiger charge is -2.12. The number of para-hydroxylation sites is 1. The van der Waals surface area contributed by atoms with Crippen LogP contribution in [0.1, 0.15) is 17.2 Å². The third kappa shape index (κ3) is 6.86. The van der Waals surface area contributed by atoms with Crippen molar-refractivity contribution in [1.29, 1.82) is 0 Å². The van der Waals surface area contributed by atoms with Crippen molar-refractivity contribution in [2.75, 3.05) is 11.9 Å². The first-order chi connectivity index (χ1) is 13.2. The molecule has 3 rings (SSSR count). The quantitative estimate of drug-likeness (QED) is 0.262. The van der Waals surface area contributed by atoms with E-state index in [4.69, 9.17) is 10.5 Å². The number of nitrogens with one attached hydrogen (secondary N) is 1. The summed E-state index contributed by atoms with van der Waals surface area (Å²) in [5.41, 5.74) is 8.55. The summed E-state index contributed by atoms with van der Waals surface area (Å²) in [6.45, 7) is 0.639. The second-order valence-electron chi connectivity index (χ2n) is 6.08. The molecule has 28 heavy (non-hydrogen) atoms. The topological polar surface area (TPSA) is 79.9 Å². The lowest BCUT2D eigenvalue weighted by atomic mass is 10.1.